The first kappa shape index (κ1) is 20.4. The van der Waals surface area contributed by atoms with Crippen molar-refractivity contribution in [3.8, 4) is 16.9 Å². The monoisotopic (exact) mass is 443 g/mol. The fourth-order valence-corrected chi connectivity index (χ4v) is 5.31. The Morgan fingerprint density at radius 1 is 1.17 bits per heavy atom. The maximum Gasteiger partial charge on any atom is 0.237 e. The molecule has 3 aromatic rings. The molecular weight excluding hydrogens is 422 g/mol. The smallest absolute Gasteiger partial charge is 0.237 e. The number of nitrogens with zero attached hydrogens (tertiary/aromatic N) is 1. The van der Waals surface area contributed by atoms with Gasteiger partial charge in [0.25, 0.3) is 0 Å². The summed E-state index contributed by atoms with van der Waals surface area (Å²) >= 11 is 1.18. The van der Waals surface area contributed by atoms with E-state index in [1.165, 1.54) is 11.3 Å². The van der Waals surface area contributed by atoms with Gasteiger partial charge in [-0.3, -0.25) is 9.52 Å². The molecule has 0 unspecified atom stereocenters. The topological polar surface area (TPSA) is 97.4 Å². The van der Waals surface area contributed by atoms with E-state index < -0.39 is 10.0 Å². The van der Waals surface area contributed by atoms with E-state index >= 15 is 0 Å². The molecule has 9 heteroatoms. The second-order valence-corrected chi connectivity index (χ2v) is 9.81. The minimum atomic E-state index is -3.35. The molecule has 1 fully saturated rings. The standard InChI is InChI=1S/C21H21N3O4S2/c1-28-19-5-3-2-4-18(19)14-6-8-15(9-7-14)22-20(25)12-16-13-29-21(23-16)24-30(26,27)17-10-11-17/h2-9,13,17H,10-12H2,1H3,(H,22,25)(H,23,24). The van der Waals surface area contributed by atoms with Crippen molar-refractivity contribution >= 4 is 38.1 Å². The number of carbonyl (C=O) groups excluding carboxylic acids is 1. The highest BCUT2D eigenvalue weighted by Gasteiger charge is 2.36. The highest BCUT2D eigenvalue weighted by atomic mass is 32.2. The van der Waals surface area contributed by atoms with E-state index in [-0.39, 0.29) is 17.6 Å². The Hall–Kier alpha value is -2.91. The number of hydrogen-bond acceptors (Lipinski definition) is 6. The largest absolute Gasteiger partial charge is 0.496 e. The van der Waals surface area contributed by atoms with E-state index in [2.05, 4.69) is 15.0 Å². The Morgan fingerprint density at radius 2 is 1.90 bits per heavy atom. The predicted octanol–water partition coefficient (Wildman–Crippen LogP) is 3.90. The first-order valence-corrected chi connectivity index (χ1v) is 11.9. The third-order valence-electron chi connectivity index (χ3n) is 4.67. The van der Waals surface area contributed by atoms with E-state index in [0.29, 0.717) is 29.4 Å². The first-order valence-electron chi connectivity index (χ1n) is 9.44. The van der Waals surface area contributed by atoms with Crippen LogP contribution in [-0.2, 0) is 21.2 Å². The second-order valence-electron chi connectivity index (χ2n) is 6.99. The maximum absolute atomic E-state index is 12.3. The Kier molecular flexibility index (Phi) is 5.74. The molecule has 0 saturated heterocycles. The van der Waals surface area contributed by atoms with E-state index in [4.69, 9.17) is 4.74 Å². The Bertz CT molecular complexity index is 1150. The SMILES string of the molecule is COc1ccccc1-c1ccc(NC(=O)Cc2csc(NS(=O)(=O)C3CC3)n2)cc1. The Morgan fingerprint density at radius 3 is 2.60 bits per heavy atom. The van der Waals surface area contributed by atoms with Crippen LogP contribution in [0.15, 0.2) is 53.9 Å². The van der Waals surface area contributed by atoms with Gasteiger partial charge in [-0.15, -0.1) is 11.3 Å². The van der Waals surface area contributed by atoms with Crippen LogP contribution in [0, 0.1) is 0 Å². The molecule has 156 valence electrons. The average Bonchev–Trinajstić information content (AvgIpc) is 3.52. The van der Waals surface area contributed by atoms with Crippen molar-refractivity contribution in [1.29, 1.82) is 0 Å². The van der Waals surface area contributed by atoms with Crippen LogP contribution < -0.4 is 14.8 Å². The Labute approximate surface area is 179 Å². The van der Waals surface area contributed by atoms with E-state index in [9.17, 15) is 13.2 Å². The molecule has 0 radical (unpaired) electrons. The van der Waals surface area contributed by atoms with Crippen LogP contribution in [0.2, 0.25) is 0 Å². The summed E-state index contributed by atoms with van der Waals surface area (Å²) in [6.45, 7) is 0. The second kappa shape index (κ2) is 8.45. The van der Waals surface area contributed by atoms with Crippen LogP contribution in [0.25, 0.3) is 11.1 Å². The molecule has 0 atom stereocenters. The molecule has 4 rings (SSSR count). The number of hydrogen-bond donors (Lipinski definition) is 2. The molecule has 1 aliphatic rings. The van der Waals surface area contributed by atoms with Crippen molar-refractivity contribution < 1.29 is 17.9 Å². The van der Waals surface area contributed by atoms with Crippen molar-refractivity contribution in [2.45, 2.75) is 24.5 Å². The summed E-state index contributed by atoms with van der Waals surface area (Å²) in [5.74, 6) is 0.563. The molecule has 2 N–H and O–H groups in total. The molecular formula is C21H21N3O4S2. The van der Waals surface area contributed by atoms with Crippen LogP contribution >= 0.6 is 11.3 Å². The van der Waals surface area contributed by atoms with Gasteiger partial charge in [0.15, 0.2) is 5.13 Å². The van der Waals surface area contributed by atoms with E-state index in [0.717, 1.165) is 16.9 Å². The highest BCUT2D eigenvalue weighted by molar-refractivity contribution is 7.93. The number of nitrogens with one attached hydrogen (secondary N) is 2. The van der Waals surface area contributed by atoms with E-state index in [1.807, 2.05) is 48.5 Å². The van der Waals surface area contributed by atoms with Gasteiger partial charge in [-0.1, -0.05) is 30.3 Å². The Balaban J connectivity index is 1.36. The lowest BCUT2D eigenvalue weighted by Gasteiger charge is -2.09. The molecule has 1 heterocycles. The molecule has 0 bridgehead atoms. The first-order chi connectivity index (χ1) is 14.4. The fourth-order valence-electron chi connectivity index (χ4n) is 3.00. The maximum atomic E-state index is 12.3. The number of amides is 1. The summed E-state index contributed by atoms with van der Waals surface area (Å²) in [6, 6.07) is 15.2. The van der Waals surface area contributed by atoms with E-state index in [1.54, 1.807) is 12.5 Å². The third kappa shape index (κ3) is 4.80. The summed E-state index contributed by atoms with van der Waals surface area (Å²) < 4.78 is 31.8. The predicted molar refractivity (Wildman–Crippen MR) is 118 cm³/mol. The molecule has 1 aromatic heterocycles. The number of aromatic nitrogens is 1. The summed E-state index contributed by atoms with van der Waals surface area (Å²) in [4.78, 5) is 16.6. The fraction of sp³-hybridized carbons (Fsp3) is 0.238. The molecule has 30 heavy (non-hydrogen) atoms. The van der Waals surface area contributed by atoms with Gasteiger partial charge in [0, 0.05) is 16.6 Å². The zero-order valence-electron chi connectivity index (χ0n) is 16.3. The van der Waals surface area contributed by atoms with Gasteiger partial charge in [-0.05, 0) is 36.6 Å². The number of rotatable bonds is 8. The van der Waals surface area contributed by atoms with Gasteiger partial charge in [-0.25, -0.2) is 13.4 Å². The molecule has 7 nitrogen and oxygen atoms in total. The lowest BCUT2D eigenvalue weighted by atomic mass is 10.0. The molecule has 0 spiro atoms. The van der Waals surface area contributed by atoms with Gasteiger partial charge in [-0.2, -0.15) is 0 Å². The number of thiazole rings is 1. The molecule has 0 aliphatic heterocycles. The summed E-state index contributed by atoms with van der Waals surface area (Å²) in [7, 11) is -1.71. The number of anilines is 2. The van der Waals surface area contributed by atoms with Gasteiger partial charge in [0.1, 0.15) is 5.75 Å². The van der Waals surface area contributed by atoms with Gasteiger partial charge >= 0.3 is 0 Å². The normalized spacial score (nSPS) is 13.6. The number of benzene rings is 2. The van der Waals surface area contributed by atoms with Crippen molar-refractivity contribution in [1.82, 2.24) is 4.98 Å². The van der Waals surface area contributed by atoms with Crippen molar-refractivity contribution in [3.05, 3.63) is 59.6 Å². The average molecular weight is 444 g/mol. The van der Waals surface area contributed by atoms with Crippen LogP contribution in [0.5, 0.6) is 5.75 Å². The summed E-state index contributed by atoms with van der Waals surface area (Å²) in [5.41, 5.74) is 3.15. The quantitative estimate of drug-likeness (QED) is 0.550. The van der Waals surface area contributed by atoms with Crippen LogP contribution in [0.4, 0.5) is 10.8 Å². The number of sulfonamides is 1. The molecule has 1 saturated carbocycles. The number of carbonyl (C=O) groups is 1. The highest BCUT2D eigenvalue weighted by Crippen LogP contribution is 2.31. The summed E-state index contributed by atoms with van der Waals surface area (Å²) in [5, 5.41) is 4.51. The lowest BCUT2D eigenvalue weighted by molar-refractivity contribution is -0.115. The van der Waals surface area contributed by atoms with Crippen LogP contribution in [0.1, 0.15) is 18.5 Å². The minimum Gasteiger partial charge on any atom is -0.496 e. The summed E-state index contributed by atoms with van der Waals surface area (Å²) in [6.07, 6.45) is 1.44. The van der Waals surface area contributed by atoms with Gasteiger partial charge in [0.05, 0.1) is 24.5 Å². The van der Waals surface area contributed by atoms with Crippen molar-refractivity contribution in [3.63, 3.8) is 0 Å². The number of para-hydroxylation sites is 1. The van der Waals surface area contributed by atoms with Gasteiger partial charge in [0.2, 0.25) is 15.9 Å². The third-order valence-corrected chi connectivity index (χ3v) is 7.44. The zero-order chi connectivity index (χ0) is 21.1. The lowest BCUT2D eigenvalue weighted by Crippen LogP contribution is -2.17. The molecule has 2 aromatic carbocycles. The van der Waals surface area contributed by atoms with Gasteiger partial charge < -0.3 is 10.1 Å². The van der Waals surface area contributed by atoms with Crippen molar-refractivity contribution in [2.24, 2.45) is 0 Å². The molecule has 1 amide bonds. The zero-order valence-corrected chi connectivity index (χ0v) is 17.9. The number of ether oxygens (including phenoxy) is 1. The minimum absolute atomic E-state index is 0.0654. The van der Waals surface area contributed by atoms with Crippen molar-refractivity contribution in [2.75, 3.05) is 17.1 Å². The van der Waals surface area contributed by atoms with Crippen LogP contribution in [0.3, 0.4) is 0 Å². The van der Waals surface area contributed by atoms with Crippen LogP contribution in [-0.4, -0.2) is 31.7 Å². The number of methoxy groups -OCH3 is 1. The molecule has 1 aliphatic carbocycles.